The zero-order chi connectivity index (χ0) is 16.8. The third-order valence-corrected chi connectivity index (χ3v) is 5.83. The van der Waals surface area contributed by atoms with E-state index in [-0.39, 0.29) is 0 Å². The second kappa shape index (κ2) is 6.00. The topological polar surface area (TPSA) is 58.5 Å². The van der Waals surface area contributed by atoms with Gasteiger partial charge >= 0.3 is 0 Å². The minimum Gasteiger partial charge on any atom is -0.353 e. The van der Waals surface area contributed by atoms with Crippen LogP contribution in [0.1, 0.15) is 42.3 Å². The van der Waals surface area contributed by atoms with Crippen molar-refractivity contribution in [3.63, 3.8) is 0 Å². The van der Waals surface area contributed by atoms with Crippen molar-refractivity contribution in [3.05, 3.63) is 46.6 Å². The summed E-state index contributed by atoms with van der Waals surface area (Å²) < 4.78 is 1.85. The van der Waals surface area contributed by atoms with E-state index in [0.717, 1.165) is 53.4 Å². The van der Waals surface area contributed by atoms with E-state index in [1.807, 2.05) is 10.9 Å². The molecule has 25 heavy (non-hydrogen) atoms. The molecule has 0 amide bonds. The summed E-state index contributed by atoms with van der Waals surface area (Å²) in [5.41, 5.74) is 4.70. The molecule has 5 rings (SSSR count). The Morgan fingerprint density at radius 1 is 1.16 bits per heavy atom. The fourth-order valence-electron chi connectivity index (χ4n) is 4.02. The predicted octanol–water partition coefficient (Wildman–Crippen LogP) is 3.82. The van der Waals surface area contributed by atoms with Gasteiger partial charge in [0.25, 0.3) is 0 Å². The highest BCUT2D eigenvalue weighted by Gasteiger charge is 2.20. The molecule has 2 aliphatic heterocycles. The minimum absolute atomic E-state index is 0.631. The Morgan fingerprint density at radius 2 is 2.04 bits per heavy atom. The molecule has 0 unspecified atom stereocenters. The number of hydrogen-bond acceptors (Lipinski definition) is 3. The number of fused-ring (bicyclic) bond motifs is 2. The van der Waals surface area contributed by atoms with Crippen molar-refractivity contribution in [1.82, 2.24) is 25.1 Å². The lowest BCUT2D eigenvalue weighted by atomic mass is 9.90. The van der Waals surface area contributed by atoms with E-state index < -0.39 is 0 Å². The highest BCUT2D eigenvalue weighted by Crippen LogP contribution is 2.37. The molecule has 0 atom stereocenters. The van der Waals surface area contributed by atoms with Crippen LogP contribution in [0.15, 0.2) is 24.5 Å². The number of allylic oxidation sites excluding steroid dienone is 1. The maximum Gasteiger partial charge on any atom is 0.138 e. The van der Waals surface area contributed by atoms with Crippen LogP contribution < -0.4 is 5.32 Å². The number of halogens is 1. The van der Waals surface area contributed by atoms with Gasteiger partial charge in [-0.1, -0.05) is 17.7 Å². The molecule has 2 N–H and O–H groups in total. The Morgan fingerprint density at radius 3 is 2.92 bits per heavy atom. The second-order valence-electron chi connectivity index (χ2n) is 6.92. The molecule has 0 radical (unpaired) electrons. The monoisotopic (exact) mass is 353 g/mol. The van der Waals surface area contributed by atoms with Crippen molar-refractivity contribution in [1.29, 1.82) is 0 Å². The van der Waals surface area contributed by atoms with Crippen LogP contribution in [0.3, 0.4) is 0 Å². The predicted molar refractivity (Wildman–Crippen MR) is 101 cm³/mol. The molecule has 3 aromatic rings. The number of rotatable bonds is 2. The van der Waals surface area contributed by atoms with E-state index in [1.54, 1.807) is 6.33 Å². The van der Waals surface area contributed by atoms with Gasteiger partial charge in [0.1, 0.15) is 12.2 Å². The van der Waals surface area contributed by atoms with Gasteiger partial charge in [0.05, 0.1) is 10.7 Å². The molecule has 6 heteroatoms. The first-order valence-corrected chi connectivity index (χ1v) is 9.28. The lowest BCUT2D eigenvalue weighted by molar-refractivity contribution is 0.460. The minimum atomic E-state index is 0.631. The van der Waals surface area contributed by atoms with Gasteiger partial charge in [-0.15, -0.1) is 0 Å². The Hall–Kier alpha value is -2.11. The number of aromatic nitrogens is 4. The van der Waals surface area contributed by atoms with Gasteiger partial charge in [-0.2, -0.15) is 5.10 Å². The Kier molecular flexibility index (Phi) is 3.64. The van der Waals surface area contributed by atoms with Gasteiger partial charge in [0.2, 0.25) is 0 Å². The molecule has 0 bridgehead atoms. The number of benzene rings is 1. The van der Waals surface area contributed by atoms with Crippen LogP contribution in [0, 0.1) is 0 Å². The van der Waals surface area contributed by atoms with E-state index in [2.05, 4.69) is 38.6 Å². The Labute approximate surface area is 151 Å². The summed E-state index contributed by atoms with van der Waals surface area (Å²) in [7, 11) is 0. The molecule has 1 aromatic carbocycles. The molecule has 2 aromatic heterocycles. The van der Waals surface area contributed by atoms with Crippen molar-refractivity contribution in [2.24, 2.45) is 0 Å². The number of nitrogens with one attached hydrogen (secondary N) is 2. The first-order valence-electron chi connectivity index (χ1n) is 8.91. The molecule has 4 heterocycles. The highest BCUT2D eigenvalue weighted by molar-refractivity contribution is 6.37. The summed E-state index contributed by atoms with van der Waals surface area (Å²) in [4.78, 5) is 7.79. The molecule has 1 fully saturated rings. The second-order valence-corrected chi connectivity index (χ2v) is 7.30. The summed E-state index contributed by atoms with van der Waals surface area (Å²) in [6.07, 6.45) is 7.84. The van der Waals surface area contributed by atoms with Crippen LogP contribution in [-0.4, -0.2) is 32.8 Å². The van der Waals surface area contributed by atoms with Crippen LogP contribution in [0.2, 0.25) is 5.02 Å². The van der Waals surface area contributed by atoms with Gasteiger partial charge < -0.3 is 10.3 Å². The Balaban J connectivity index is 1.55. The van der Waals surface area contributed by atoms with Crippen LogP contribution in [-0.2, 0) is 6.42 Å². The summed E-state index contributed by atoms with van der Waals surface area (Å²) in [5, 5.41) is 9.63. The van der Waals surface area contributed by atoms with Crippen molar-refractivity contribution >= 4 is 34.3 Å². The van der Waals surface area contributed by atoms with Crippen molar-refractivity contribution < 1.29 is 0 Å². The van der Waals surface area contributed by atoms with E-state index in [4.69, 9.17) is 11.6 Å². The zero-order valence-electron chi connectivity index (χ0n) is 13.9. The number of aryl methyl sites for hydroxylation is 1. The number of piperidine rings is 1. The molecule has 5 nitrogen and oxygen atoms in total. The quantitative estimate of drug-likeness (QED) is 0.736. The molecule has 0 spiro atoms. The number of nitrogens with zero attached hydrogens (tertiary/aromatic N) is 3. The number of hydrogen-bond donors (Lipinski definition) is 2. The van der Waals surface area contributed by atoms with Crippen LogP contribution in [0.5, 0.6) is 0 Å². The van der Waals surface area contributed by atoms with Crippen LogP contribution in [0.25, 0.3) is 22.7 Å². The molecule has 0 saturated carbocycles. The molecular formula is C19H20ClN5. The Bertz CT molecular complexity index is 962. The smallest absolute Gasteiger partial charge is 0.138 e. The lowest BCUT2D eigenvalue weighted by Crippen LogP contribution is -2.26. The van der Waals surface area contributed by atoms with E-state index >= 15 is 0 Å². The van der Waals surface area contributed by atoms with Gasteiger partial charge in [-0.3, -0.25) is 0 Å². The van der Waals surface area contributed by atoms with Gasteiger partial charge in [0.15, 0.2) is 0 Å². The maximum atomic E-state index is 6.77. The average molecular weight is 354 g/mol. The standard InChI is InChI=1S/C19H20ClN5/c20-18-15-9-13(12-5-7-21-8-6-12)1-3-16(15)24-19(18)14-2-4-17-22-11-23-25(17)10-14/h1,3,9-12,21,24H,2,4-8H2. The van der Waals surface area contributed by atoms with Crippen molar-refractivity contribution in [3.8, 4) is 0 Å². The first-order chi connectivity index (χ1) is 12.3. The van der Waals surface area contributed by atoms with Crippen molar-refractivity contribution in [2.75, 3.05) is 13.1 Å². The van der Waals surface area contributed by atoms with Crippen LogP contribution in [0.4, 0.5) is 0 Å². The van der Waals surface area contributed by atoms with E-state index in [9.17, 15) is 0 Å². The largest absolute Gasteiger partial charge is 0.353 e. The van der Waals surface area contributed by atoms with Crippen molar-refractivity contribution in [2.45, 2.75) is 31.6 Å². The molecular weight excluding hydrogens is 334 g/mol. The number of aromatic amines is 1. The van der Waals surface area contributed by atoms with E-state index in [0.29, 0.717) is 5.92 Å². The zero-order valence-corrected chi connectivity index (χ0v) is 14.7. The van der Waals surface area contributed by atoms with Gasteiger partial charge in [-0.05, 0) is 61.5 Å². The molecule has 1 saturated heterocycles. The summed E-state index contributed by atoms with van der Waals surface area (Å²) in [6.45, 7) is 2.20. The molecule has 128 valence electrons. The summed E-state index contributed by atoms with van der Waals surface area (Å²) in [6, 6.07) is 6.70. The SMILES string of the molecule is Clc1c(C2=Cn3ncnc3CC2)[nH]c2ccc(C3CCNCC3)cc12. The fourth-order valence-corrected chi connectivity index (χ4v) is 4.34. The normalized spacial score (nSPS) is 18.4. The third-order valence-electron chi connectivity index (χ3n) is 5.43. The maximum absolute atomic E-state index is 6.77. The van der Waals surface area contributed by atoms with Crippen LogP contribution >= 0.6 is 11.6 Å². The van der Waals surface area contributed by atoms with Gasteiger partial charge in [-0.25, -0.2) is 9.67 Å². The lowest BCUT2D eigenvalue weighted by Gasteiger charge is -2.23. The summed E-state index contributed by atoms with van der Waals surface area (Å²) >= 11 is 6.77. The average Bonchev–Trinajstić information content (AvgIpc) is 3.26. The third kappa shape index (κ3) is 2.58. The fraction of sp³-hybridized carbons (Fsp3) is 0.368. The highest BCUT2D eigenvalue weighted by atomic mass is 35.5. The summed E-state index contributed by atoms with van der Waals surface area (Å²) in [5.74, 6) is 1.64. The van der Waals surface area contributed by atoms with Gasteiger partial charge in [0, 0.05) is 23.5 Å². The molecule has 0 aliphatic carbocycles. The first kappa shape index (κ1) is 15.2. The van der Waals surface area contributed by atoms with E-state index in [1.165, 1.54) is 24.0 Å². The number of H-pyrrole nitrogens is 1. The molecule has 2 aliphatic rings.